The Labute approximate surface area is 192 Å². The van der Waals surface area contributed by atoms with Gasteiger partial charge < -0.3 is 4.90 Å². The van der Waals surface area contributed by atoms with E-state index in [4.69, 9.17) is 0 Å². The van der Waals surface area contributed by atoms with E-state index in [9.17, 15) is 23.7 Å². The number of piperazine rings is 1. The number of carbonyl (C=O) groups is 1. The van der Waals surface area contributed by atoms with Crippen molar-refractivity contribution in [1.82, 2.24) is 9.21 Å². The molecule has 0 unspecified atom stereocenters. The van der Waals surface area contributed by atoms with E-state index in [-0.39, 0.29) is 42.5 Å². The molecule has 0 aromatic heterocycles. The topological polar surface area (TPSA) is 105 Å². The van der Waals surface area contributed by atoms with Gasteiger partial charge in [0.05, 0.1) is 22.1 Å². The van der Waals surface area contributed by atoms with Gasteiger partial charge in [-0.3, -0.25) is 4.79 Å². The van der Waals surface area contributed by atoms with Crippen LogP contribution in [0.5, 0.6) is 0 Å². The molecule has 1 heterocycles. The zero-order valence-electron chi connectivity index (χ0n) is 17.7. The Bertz CT molecular complexity index is 1400. The van der Waals surface area contributed by atoms with Crippen molar-refractivity contribution in [3.63, 3.8) is 0 Å². The lowest BCUT2D eigenvalue weighted by molar-refractivity contribution is 0.0698. The summed E-state index contributed by atoms with van der Waals surface area (Å²) in [6.07, 6.45) is 0. The highest BCUT2D eigenvalue weighted by Gasteiger charge is 2.32. The summed E-state index contributed by atoms with van der Waals surface area (Å²) in [6, 6.07) is 24.4. The average molecular weight is 457 g/mol. The molecule has 33 heavy (non-hydrogen) atoms. The van der Waals surface area contributed by atoms with E-state index < -0.39 is 10.0 Å². The van der Waals surface area contributed by atoms with Crippen LogP contribution in [0.25, 0.3) is 11.1 Å². The summed E-state index contributed by atoms with van der Waals surface area (Å²) in [7, 11) is -3.84. The molecule has 3 aromatic carbocycles. The van der Waals surface area contributed by atoms with E-state index in [1.165, 1.54) is 16.4 Å². The molecule has 0 spiro atoms. The van der Waals surface area contributed by atoms with Crippen molar-refractivity contribution in [3.8, 4) is 23.3 Å². The van der Waals surface area contributed by atoms with Gasteiger partial charge in [-0.1, -0.05) is 48.5 Å². The number of nitriles is 2. The molecule has 1 fully saturated rings. The first-order chi connectivity index (χ1) is 16.0. The lowest BCUT2D eigenvalue weighted by Crippen LogP contribution is -2.50. The molecule has 1 saturated heterocycles. The van der Waals surface area contributed by atoms with Gasteiger partial charge in [0.1, 0.15) is 6.07 Å². The van der Waals surface area contributed by atoms with Crippen LogP contribution in [0.4, 0.5) is 0 Å². The third-order valence-electron chi connectivity index (χ3n) is 5.65. The molecule has 164 valence electrons. The maximum Gasteiger partial charge on any atom is 0.254 e. The Balaban J connectivity index is 1.56. The van der Waals surface area contributed by atoms with Gasteiger partial charge in [0.2, 0.25) is 10.0 Å². The zero-order chi connectivity index (χ0) is 23.4. The van der Waals surface area contributed by atoms with Crippen molar-refractivity contribution in [1.29, 1.82) is 10.5 Å². The first-order valence-electron chi connectivity index (χ1n) is 10.3. The van der Waals surface area contributed by atoms with Crippen LogP contribution >= 0.6 is 0 Å². The van der Waals surface area contributed by atoms with Gasteiger partial charge in [0.25, 0.3) is 5.91 Å². The summed E-state index contributed by atoms with van der Waals surface area (Å²) < 4.78 is 27.4. The number of rotatable bonds is 4. The van der Waals surface area contributed by atoms with Crippen molar-refractivity contribution >= 4 is 15.9 Å². The predicted octanol–water partition coefficient (Wildman–Crippen LogP) is 3.24. The molecular formula is C25H20N4O3S. The quantitative estimate of drug-likeness (QED) is 0.599. The number of carbonyl (C=O) groups excluding carboxylic acids is 1. The summed E-state index contributed by atoms with van der Waals surface area (Å²) in [5.74, 6) is -0.215. The molecule has 4 rings (SSSR count). The number of sulfonamides is 1. The fourth-order valence-corrected chi connectivity index (χ4v) is 5.51. The van der Waals surface area contributed by atoms with Crippen LogP contribution in [0.2, 0.25) is 0 Å². The van der Waals surface area contributed by atoms with E-state index in [0.717, 1.165) is 0 Å². The van der Waals surface area contributed by atoms with Crippen LogP contribution in [0, 0.1) is 22.7 Å². The smallest absolute Gasteiger partial charge is 0.254 e. The Hall–Kier alpha value is -3.98. The SMILES string of the molecule is N#Cc1ccccc1-c1ccccc1C(=O)N1CCN(S(=O)(=O)c2ccccc2C#N)CC1. The third kappa shape index (κ3) is 4.22. The lowest BCUT2D eigenvalue weighted by atomic mass is 9.95. The summed E-state index contributed by atoms with van der Waals surface area (Å²) in [6.45, 7) is 0.706. The number of amides is 1. The molecular weight excluding hydrogens is 436 g/mol. The first-order valence-corrected chi connectivity index (χ1v) is 11.8. The van der Waals surface area contributed by atoms with E-state index >= 15 is 0 Å². The van der Waals surface area contributed by atoms with Gasteiger partial charge in [-0.2, -0.15) is 14.8 Å². The van der Waals surface area contributed by atoms with Gasteiger partial charge in [-0.05, 0) is 29.8 Å². The normalized spacial score (nSPS) is 14.3. The molecule has 8 heteroatoms. The van der Waals surface area contributed by atoms with Crippen molar-refractivity contribution in [2.24, 2.45) is 0 Å². The predicted molar refractivity (Wildman–Crippen MR) is 122 cm³/mol. The van der Waals surface area contributed by atoms with Crippen LogP contribution < -0.4 is 0 Å². The molecule has 0 atom stereocenters. The molecule has 0 aliphatic carbocycles. The zero-order valence-corrected chi connectivity index (χ0v) is 18.5. The van der Waals surface area contributed by atoms with Crippen LogP contribution in [-0.2, 0) is 10.0 Å². The fourth-order valence-electron chi connectivity index (χ4n) is 3.94. The summed E-state index contributed by atoms with van der Waals surface area (Å²) in [4.78, 5) is 15.0. The number of hydrogen-bond donors (Lipinski definition) is 0. The maximum absolute atomic E-state index is 13.4. The van der Waals surface area contributed by atoms with E-state index in [0.29, 0.717) is 22.3 Å². The molecule has 3 aromatic rings. The second-order valence-corrected chi connectivity index (χ2v) is 9.41. The van der Waals surface area contributed by atoms with Crippen molar-refractivity contribution in [2.45, 2.75) is 4.90 Å². The largest absolute Gasteiger partial charge is 0.336 e. The minimum Gasteiger partial charge on any atom is -0.336 e. The number of hydrogen-bond acceptors (Lipinski definition) is 5. The van der Waals surface area contributed by atoms with Crippen LogP contribution in [-0.4, -0.2) is 49.7 Å². The van der Waals surface area contributed by atoms with Crippen molar-refractivity contribution < 1.29 is 13.2 Å². The second kappa shape index (κ2) is 9.25. The van der Waals surface area contributed by atoms with Gasteiger partial charge >= 0.3 is 0 Å². The summed E-state index contributed by atoms with van der Waals surface area (Å²) >= 11 is 0. The van der Waals surface area contributed by atoms with E-state index in [2.05, 4.69) is 6.07 Å². The molecule has 1 aliphatic heterocycles. The maximum atomic E-state index is 13.4. The Morgan fingerprint density at radius 2 is 1.27 bits per heavy atom. The molecule has 0 bridgehead atoms. The van der Waals surface area contributed by atoms with Crippen LogP contribution in [0.15, 0.2) is 77.7 Å². The molecule has 7 nitrogen and oxygen atoms in total. The minimum atomic E-state index is -3.84. The highest BCUT2D eigenvalue weighted by atomic mass is 32.2. The van der Waals surface area contributed by atoms with E-state index in [1.807, 2.05) is 30.3 Å². The fraction of sp³-hybridized carbons (Fsp3) is 0.160. The second-order valence-electron chi connectivity index (χ2n) is 7.51. The molecule has 1 aliphatic rings. The summed E-state index contributed by atoms with van der Waals surface area (Å²) in [5, 5.41) is 18.7. The van der Waals surface area contributed by atoms with E-state index in [1.54, 1.807) is 41.3 Å². The molecule has 1 amide bonds. The molecule has 0 saturated carbocycles. The highest BCUT2D eigenvalue weighted by Crippen LogP contribution is 2.28. The molecule has 0 N–H and O–H groups in total. The Kier molecular flexibility index (Phi) is 6.23. The molecule has 0 radical (unpaired) electrons. The average Bonchev–Trinajstić information content (AvgIpc) is 2.88. The number of benzene rings is 3. The van der Waals surface area contributed by atoms with Gasteiger partial charge in [-0.15, -0.1) is 0 Å². The number of nitrogens with zero attached hydrogens (tertiary/aromatic N) is 4. The van der Waals surface area contributed by atoms with Crippen LogP contribution in [0.3, 0.4) is 0 Å². The van der Waals surface area contributed by atoms with Crippen molar-refractivity contribution in [3.05, 3.63) is 89.5 Å². The standard InChI is InChI=1S/C25H20N4O3S/c26-17-19-7-1-3-9-21(19)22-10-4-5-11-23(22)25(30)28-13-15-29(16-14-28)33(31,32)24-12-6-2-8-20(24)18-27/h1-12H,13-16H2. The van der Waals surface area contributed by atoms with Crippen molar-refractivity contribution in [2.75, 3.05) is 26.2 Å². The van der Waals surface area contributed by atoms with Crippen LogP contribution in [0.1, 0.15) is 21.5 Å². The van der Waals surface area contributed by atoms with Gasteiger partial charge in [-0.25, -0.2) is 8.42 Å². The monoisotopic (exact) mass is 456 g/mol. The Morgan fingerprint density at radius 3 is 1.94 bits per heavy atom. The van der Waals surface area contributed by atoms with Gasteiger partial charge in [0.15, 0.2) is 0 Å². The first kappa shape index (κ1) is 22.2. The van der Waals surface area contributed by atoms with Gasteiger partial charge in [0, 0.05) is 37.3 Å². The highest BCUT2D eigenvalue weighted by molar-refractivity contribution is 7.89. The lowest BCUT2D eigenvalue weighted by Gasteiger charge is -2.34. The summed E-state index contributed by atoms with van der Waals surface area (Å²) in [5.41, 5.74) is 2.38. The minimum absolute atomic E-state index is 0.0225. The Morgan fingerprint density at radius 1 is 0.727 bits per heavy atom. The third-order valence-corrected chi connectivity index (χ3v) is 7.60.